The monoisotopic (exact) mass is 495 g/mol. The second kappa shape index (κ2) is 9.88. The molecule has 2 aromatic carbocycles. The molecule has 1 saturated heterocycles. The number of β-lactam (4-membered cyclic amide) rings is 1. The lowest BCUT2D eigenvalue weighted by molar-refractivity contribution is -0.163. The molecule has 0 N–H and O–H groups in total. The van der Waals surface area contributed by atoms with Gasteiger partial charge in [0.05, 0.1) is 10.0 Å². The lowest BCUT2D eigenvalue weighted by atomic mass is 10.1. The number of halogens is 2. The van der Waals surface area contributed by atoms with E-state index in [9.17, 15) is 9.59 Å². The van der Waals surface area contributed by atoms with Crippen molar-refractivity contribution >= 4 is 58.6 Å². The van der Waals surface area contributed by atoms with Crippen LogP contribution < -0.4 is 0 Å². The third-order valence-corrected chi connectivity index (χ3v) is 8.11. The molecule has 0 saturated carbocycles. The summed E-state index contributed by atoms with van der Waals surface area (Å²) in [6.07, 6.45) is -0.536. The lowest BCUT2D eigenvalue weighted by Gasteiger charge is -2.48. The number of benzene rings is 2. The summed E-state index contributed by atoms with van der Waals surface area (Å²) in [5, 5.41) is 0.614. The molecular formula is C22H19Cl2NO4S2. The van der Waals surface area contributed by atoms with E-state index in [2.05, 4.69) is 0 Å². The number of hydrogen-bond donors (Lipinski definition) is 0. The van der Waals surface area contributed by atoms with E-state index in [1.165, 1.54) is 12.0 Å². The van der Waals surface area contributed by atoms with Crippen LogP contribution in [-0.4, -0.2) is 46.9 Å². The van der Waals surface area contributed by atoms with Gasteiger partial charge >= 0.3 is 5.97 Å². The molecule has 2 aliphatic heterocycles. The fourth-order valence-corrected chi connectivity index (χ4v) is 6.12. The first-order valence-electron chi connectivity index (χ1n) is 9.48. The van der Waals surface area contributed by atoms with Crippen LogP contribution in [0, 0.1) is 0 Å². The molecule has 0 bridgehead atoms. The van der Waals surface area contributed by atoms with E-state index in [1.54, 1.807) is 41.7 Å². The lowest BCUT2D eigenvalue weighted by Crippen LogP contribution is -2.65. The third kappa shape index (κ3) is 4.76. The molecule has 0 aromatic heterocycles. The molecule has 2 atom stereocenters. The Morgan fingerprint density at radius 3 is 2.68 bits per heavy atom. The van der Waals surface area contributed by atoms with E-state index in [4.69, 9.17) is 32.7 Å². The molecule has 31 heavy (non-hydrogen) atoms. The Morgan fingerprint density at radius 2 is 1.97 bits per heavy atom. The van der Waals surface area contributed by atoms with Crippen molar-refractivity contribution in [1.29, 1.82) is 0 Å². The zero-order chi connectivity index (χ0) is 22.0. The van der Waals surface area contributed by atoms with Gasteiger partial charge in [0.1, 0.15) is 17.7 Å². The average Bonchev–Trinajstić information content (AvgIpc) is 2.78. The smallest absolute Gasteiger partial charge is 0.355 e. The van der Waals surface area contributed by atoms with Crippen molar-refractivity contribution in [2.75, 3.05) is 18.6 Å². The van der Waals surface area contributed by atoms with Gasteiger partial charge < -0.3 is 9.47 Å². The Labute approximate surface area is 199 Å². The van der Waals surface area contributed by atoms with Crippen LogP contribution in [0.25, 0.3) is 0 Å². The fourth-order valence-electron chi connectivity index (χ4n) is 3.37. The standard InChI is InChI=1S/C22H19Cl2NO4S2/c1-28-19-20(26)25-18(22(27)29-10-13-7-8-16(23)17(24)9-13)14(12-31-21(19)25)11-30-15-5-3-2-4-6-15/h2-9,19,21H,10-12H2,1H3/t19-,21+/m0/s1. The van der Waals surface area contributed by atoms with Gasteiger partial charge in [0.15, 0.2) is 6.10 Å². The highest BCUT2D eigenvalue weighted by atomic mass is 35.5. The van der Waals surface area contributed by atoms with Crippen molar-refractivity contribution in [3.8, 4) is 0 Å². The SMILES string of the molecule is CO[C@H]1C(=O)N2C(C(=O)OCc3ccc(Cl)c(Cl)c3)=C(CSc3ccccc3)CS[C@H]12. The molecule has 2 aromatic rings. The number of rotatable bonds is 7. The Bertz CT molecular complexity index is 1030. The van der Waals surface area contributed by atoms with E-state index >= 15 is 0 Å². The Balaban J connectivity index is 1.54. The van der Waals surface area contributed by atoms with Crippen LogP contribution in [0.4, 0.5) is 0 Å². The van der Waals surface area contributed by atoms with Crippen LogP contribution >= 0.6 is 46.7 Å². The fraction of sp³-hybridized carbons (Fsp3) is 0.273. The Morgan fingerprint density at radius 1 is 1.19 bits per heavy atom. The quantitative estimate of drug-likeness (QED) is 0.305. The van der Waals surface area contributed by atoms with Gasteiger partial charge in [0.2, 0.25) is 0 Å². The number of carbonyl (C=O) groups is 2. The van der Waals surface area contributed by atoms with E-state index in [0.717, 1.165) is 16.0 Å². The summed E-state index contributed by atoms with van der Waals surface area (Å²) >= 11 is 15.2. The first kappa shape index (κ1) is 22.6. The van der Waals surface area contributed by atoms with Crippen molar-refractivity contribution in [1.82, 2.24) is 4.90 Å². The molecule has 9 heteroatoms. The molecule has 0 aliphatic carbocycles. The molecule has 4 rings (SSSR count). The molecule has 162 valence electrons. The summed E-state index contributed by atoms with van der Waals surface area (Å²) in [7, 11) is 1.51. The van der Waals surface area contributed by atoms with E-state index in [1.807, 2.05) is 30.3 Å². The third-order valence-electron chi connectivity index (χ3n) is 4.96. The average molecular weight is 496 g/mol. The summed E-state index contributed by atoms with van der Waals surface area (Å²) in [6, 6.07) is 15.0. The van der Waals surface area contributed by atoms with Gasteiger partial charge in [-0.3, -0.25) is 9.69 Å². The van der Waals surface area contributed by atoms with Gasteiger partial charge in [-0.2, -0.15) is 0 Å². The van der Waals surface area contributed by atoms with Crippen molar-refractivity contribution in [2.45, 2.75) is 23.0 Å². The number of methoxy groups -OCH3 is 1. The van der Waals surface area contributed by atoms with Crippen LogP contribution in [0.5, 0.6) is 0 Å². The molecule has 1 amide bonds. The molecule has 2 heterocycles. The Kier molecular flexibility index (Phi) is 7.19. The highest BCUT2D eigenvalue weighted by molar-refractivity contribution is 8.01. The van der Waals surface area contributed by atoms with Crippen molar-refractivity contribution in [3.63, 3.8) is 0 Å². The van der Waals surface area contributed by atoms with Crippen LogP contribution in [0.2, 0.25) is 10.0 Å². The first-order valence-corrected chi connectivity index (χ1v) is 12.3. The van der Waals surface area contributed by atoms with Crippen LogP contribution in [-0.2, 0) is 25.7 Å². The van der Waals surface area contributed by atoms with Gasteiger partial charge in [0, 0.05) is 23.5 Å². The minimum Gasteiger partial charge on any atom is -0.456 e. The topological polar surface area (TPSA) is 55.8 Å². The maximum Gasteiger partial charge on any atom is 0.355 e. The number of hydrogen-bond acceptors (Lipinski definition) is 6. The van der Waals surface area contributed by atoms with Gasteiger partial charge in [-0.05, 0) is 35.4 Å². The van der Waals surface area contributed by atoms with Crippen LogP contribution in [0.1, 0.15) is 5.56 Å². The largest absolute Gasteiger partial charge is 0.456 e. The van der Waals surface area contributed by atoms with E-state index in [0.29, 0.717) is 27.2 Å². The summed E-state index contributed by atoms with van der Waals surface area (Å²) in [5.74, 6) is 0.472. The van der Waals surface area contributed by atoms with Crippen molar-refractivity contribution in [3.05, 3.63) is 75.4 Å². The number of fused-ring (bicyclic) bond motifs is 1. The Hall–Kier alpha value is -1.64. The summed E-state index contributed by atoms with van der Waals surface area (Å²) in [6.45, 7) is 0.0336. The second-order valence-corrected chi connectivity index (χ2v) is 9.91. The predicted molar refractivity (Wildman–Crippen MR) is 124 cm³/mol. The van der Waals surface area contributed by atoms with Gasteiger partial charge in [-0.25, -0.2) is 4.79 Å². The summed E-state index contributed by atoms with van der Waals surface area (Å²) < 4.78 is 10.9. The summed E-state index contributed by atoms with van der Waals surface area (Å²) in [4.78, 5) is 28.3. The van der Waals surface area contributed by atoms with E-state index < -0.39 is 12.1 Å². The summed E-state index contributed by atoms with van der Waals surface area (Å²) in [5.41, 5.74) is 1.91. The molecule has 2 aliphatic rings. The van der Waals surface area contributed by atoms with Crippen molar-refractivity contribution in [2.24, 2.45) is 0 Å². The number of amides is 1. The predicted octanol–water partition coefficient (Wildman–Crippen LogP) is 5.01. The minimum atomic E-state index is -0.536. The van der Waals surface area contributed by atoms with Crippen LogP contribution in [0.3, 0.4) is 0 Å². The van der Waals surface area contributed by atoms with Gasteiger partial charge in [0.25, 0.3) is 5.91 Å². The molecule has 0 radical (unpaired) electrons. The molecule has 5 nitrogen and oxygen atoms in total. The number of nitrogens with zero attached hydrogens (tertiary/aromatic N) is 1. The number of ether oxygens (including phenoxy) is 2. The molecular weight excluding hydrogens is 477 g/mol. The highest BCUT2D eigenvalue weighted by Gasteiger charge is 2.54. The minimum absolute atomic E-state index is 0.0336. The maximum absolute atomic E-state index is 13.1. The number of thioether (sulfide) groups is 2. The number of esters is 1. The molecule has 0 spiro atoms. The van der Waals surface area contributed by atoms with Gasteiger partial charge in [-0.15, -0.1) is 23.5 Å². The maximum atomic E-state index is 13.1. The van der Waals surface area contributed by atoms with Gasteiger partial charge in [-0.1, -0.05) is 47.5 Å². The zero-order valence-corrected chi connectivity index (χ0v) is 19.7. The number of carbonyl (C=O) groups excluding carboxylic acids is 2. The highest BCUT2D eigenvalue weighted by Crippen LogP contribution is 2.43. The normalized spacial score (nSPS) is 20.4. The van der Waals surface area contributed by atoms with Crippen molar-refractivity contribution < 1.29 is 19.1 Å². The second-order valence-electron chi connectivity index (χ2n) is 6.94. The molecule has 1 fully saturated rings. The van der Waals surface area contributed by atoms with E-state index in [-0.39, 0.29) is 17.9 Å². The van der Waals surface area contributed by atoms with Crippen LogP contribution in [0.15, 0.2) is 64.7 Å². The molecule has 0 unspecified atom stereocenters. The first-order chi connectivity index (χ1) is 15.0. The zero-order valence-electron chi connectivity index (χ0n) is 16.5.